The van der Waals surface area contributed by atoms with Crippen LogP contribution in [0.3, 0.4) is 0 Å². The molecule has 0 unspecified atom stereocenters. The molecule has 5 N–H and O–H groups in total. The number of rotatable bonds is 9. The van der Waals surface area contributed by atoms with Gasteiger partial charge in [0.25, 0.3) is 11.8 Å². The summed E-state index contributed by atoms with van der Waals surface area (Å²) < 4.78 is 0. The molecule has 0 aliphatic carbocycles. The van der Waals surface area contributed by atoms with E-state index in [9.17, 15) is 19.5 Å². The van der Waals surface area contributed by atoms with Gasteiger partial charge in [0, 0.05) is 5.56 Å². The van der Waals surface area contributed by atoms with Crippen LogP contribution in [-0.4, -0.2) is 35.0 Å². The number of hydrogen-bond acceptors (Lipinski definition) is 4. The largest absolute Gasteiger partial charge is 0.381 e. The molecule has 2 rings (SSSR count). The number of aliphatic hydroxyl groups is 1. The first-order chi connectivity index (χ1) is 13.8. The Hall–Kier alpha value is -3.19. The molecule has 2 aromatic carbocycles. The van der Waals surface area contributed by atoms with E-state index in [1.54, 1.807) is 67.6 Å². The lowest BCUT2D eigenvalue weighted by molar-refractivity contribution is -0.135. The number of carbonyl (C=O) groups excluding carboxylic acids is 3. The third-order valence-corrected chi connectivity index (χ3v) is 4.88. The number of hydrogen-bond donors (Lipinski definition) is 4. The summed E-state index contributed by atoms with van der Waals surface area (Å²) in [5, 5.41) is 16.0. The minimum absolute atomic E-state index is 0.197. The molecule has 154 valence electrons. The average Bonchev–Trinajstić information content (AvgIpc) is 2.75. The van der Waals surface area contributed by atoms with Crippen LogP contribution in [0, 0.1) is 5.92 Å². The molecule has 0 saturated carbocycles. The van der Waals surface area contributed by atoms with E-state index in [0.29, 0.717) is 17.5 Å². The van der Waals surface area contributed by atoms with Crippen LogP contribution in [0.2, 0.25) is 0 Å². The Morgan fingerprint density at radius 2 is 1.52 bits per heavy atom. The van der Waals surface area contributed by atoms with E-state index in [1.165, 1.54) is 0 Å². The van der Waals surface area contributed by atoms with E-state index in [2.05, 4.69) is 10.6 Å². The second kappa shape index (κ2) is 10.4. The second-order valence-electron chi connectivity index (χ2n) is 6.95. The number of amides is 3. The molecule has 7 heteroatoms. The SMILES string of the molecule is CC[C@H](C)[C@H](NC(=O)[C@H](O)[C@@H](NC(=O)c1ccccc1)c1ccccc1)C(N)=O. The van der Waals surface area contributed by atoms with Crippen LogP contribution < -0.4 is 16.4 Å². The van der Waals surface area contributed by atoms with Gasteiger partial charge in [-0.05, 0) is 23.6 Å². The Balaban J connectivity index is 2.24. The van der Waals surface area contributed by atoms with Crippen molar-refractivity contribution < 1.29 is 19.5 Å². The summed E-state index contributed by atoms with van der Waals surface area (Å²) in [6.07, 6.45) is -0.993. The van der Waals surface area contributed by atoms with Gasteiger partial charge in [0.1, 0.15) is 6.04 Å². The first-order valence-corrected chi connectivity index (χ1v) is 9.53. The predicted molar refractivity (Wildman–Crippen MR) is 110 cm³/mol. The highest BCUT2D eigenvalue weighted by Crippen LogP contribution is 2.19. The van der Waals surface area contributed by atoms with Crippen LogP contribution in [0.5, 0.6) is 0 Å². The predicted octanol–water partition coefficient (Wildman–Crippen LogP) is 1.53. The minimum atomic E-state index is -1.61. The molecule has 0 heterocycles. The third-order valence-electron chi connectivity index (χ3n) is 4.88. The summed E-state index contributed by atoms with van der Waals surface area (Å²) in [5.74, 6) is -2.08. The van der Waals surface area contributed by atoms with Gasteiger partial charge >= 0.3 is 0 Å². The molecule has 0 saturated heterocycles. The summed E-state index contributed by atoms with van der Waals surface area (Å²) in [5.41, 5.74) is 6.35. The van der Waals surface area contributed by atoms with Gasteiger partial charge in [-0.2, -0.15) is 0 Å². The van der Waals surface area contributed by atoms with Crippen LogP contribution in [0.15, 0.2) is 60.7 Å². The summed E-state index contributed by atoms with van der Waals surface area (Å²) in [7, 11) is 0. The highest BCUT2D eigenvalue weighted by molar-refractivity contribution is 5.95. The van der Waals surface area contributed by atoms with Crippen LogP contribution in [0.25, 0.3) is 0 Å². The van der Waals surface area contributed by atoms with Gasteiger partial charge in [0.15, 0.2) is 6.10 Å². The maximum absolute atomic E-state index is 12.7. The van der Waals surface area contributed by atoms with Crippen LogP contribution in [-0.2, 0) is 9.59 Å². The molecule has 3 amide bonds. The molecule has 29 heavy (non-hydrogen) atoms. The molecule has 0 aliphatic rings. The fraction of sp³-hybridized carbons (Fsp3) is 0.318. The van der Waals surface area contributed by atoms with E-state index >= 15 is 0 Å². The van der Waals surface area contributed by atoms with Crippen LogP contribution in [0.4, 0.5) is 0 Å². The Morgan fingerprint density at radius 1 is 0.966 bits per heavy atom. The van der Waals surface area contributed by atoms with Crippen molar-refractivity contribution in [2.75, 3.05) is 0 Å². The van der Waals surface area contributed by atoms with Gasteiger partial charge in [-0.25, -0.2) is 0 Å². The molecule has 0 fully saturated rings. The number of nitrogens with one attached hydrogen (secondary N) is 2. The molecular weight excluding hydrogens is 370 g/mol. The van der Waals surface area contributed by atoms with E-state index in [1.807, 2.05) is 6.92 Å². The smallest absolute Gasteiger partial charge is 0.252 e. The van der Waals surface area contributed by atoms with E-state index in [-0.39, 0.29) is 5.92 Å². The second-order valence-corrected chi connectivity index (χ2v) is 6.95. The highest BCUT2D eigenvalue weighted by atomic mass is 16.3. The molecule has 0 aromatic heterocycles. The normalized spacial score (nSPS) is 14.9. The average molecular weight is 397 g/mol. The van der Waals surface area contributed by atoms with Gasteiger partial charge in [-0.3, -0.25) is 14.4 Å². The topological polar surface area (TPSA) is 122 Å². The van der Waals surface area contributed by atoms with Crippen molar-refractivity contribution in [3.05, 3.63) is 71.8 Å². The fourth-order valence-electron chi connectivity index (χ4n) is 2.94. The molecular formula is C22H27N3O4. The minimum Gasteiger partial charge on any atom is -0.381 e. The summed E-state index contributed by atoms with van der Waals surface area (Å²) in [6.45, 7) is 3.66. The lowest BCUT2D eigenvalue weighted by Crippen LogP contribution is -2.53. The number of nitrogens with two attached hydrogens (primary N) is 1. The molecule has 0 radical (unpaired) electrons. The maximum atomic E-state index is 12.7. The third kappa shape index (κ3) is 5.89. The van der Waals surface area contributed by atoms with Gasteiger partial charge in [0.05, 0.1) is 6.04 Å². The maximum Gasteiger partial charge on any atom is 0.252 e. The summed E-state index contributed by atoms with van der Waals surface area (Å²) in [4.78, 5) is 37.0. The van der Waals surface area contributed by atoms with Gasteiger partial charge in [0.2, 0.25) is 5.91 Å². The van der Waals surface area contributed by atoms with Crippen molar-refractivity contribution in [1.29, 1.82) is 0 Å². The van der Waals surface area contributed by atoms with Crippen LogP contribution >= 0.6 is 0 Å². The molecule has 0 bridgehead atoms. The van der Waals surface area contributed by atoms with Crippen LogP contribution in [0.1, 0.15) is 42.2 Å². The Morgan fingerprint density at radius 3 is 2.03 bits per heavy atom. The lowest BCUT2D eigenvalue weighted by Gasteiger charge is -2.27. The van der Waals surface area contributed by atoms with Crippen molar-refractivity contribution in [3.8, 4) is 0 Å². The summed E-state index contributed by atoms with van der Waals surface area (Å²) >= 11 is 0. The van der Waals surface area contributed by atoms with Gasteiger partial charge in [-0.1, -0.05) is 68.8 Å². The molecule has 0 spiro atoms. The Bertz CT molecular complexity index is 826. The zero-order chi connectivity index (χ0) is 21.4. The highest BCUT2D eigenvalue weighted by Gasteiger charge is 2.33. The molecule has 0 aliphatic heterocycles. The quantitative estimate of drug-likeness (QED) is 0.513. The van der Waals surface area contributed by atoms with Crippen molar-refractivity contribution >= 4 is 17.7 Å². The number of aliphatic hydroxyl groups excluding tert-OH is 1. The first-order valence-electron chi connectivity index (χ1n) is 9.53. The molecule has 7 nitrogen and oxygen atoms in total. The molecule has 2 aromatic rings. The van der Waals surface area contributed by atoms with Crippen molar-refractivity contribution in [2.45, 2.75) is 38.5 Å². The zero-order valence-electron chi connectivity index (χ0n) is 16.5. The lowest BCUT2D eigenvalue weighted by atomic mass is 9.96. The van der Waals surface area contributed by atoms with Crippen molar-refractivity contribution in [1.82, 2.24) is 10.6 Å². The van der Waals surface area contributed by atoms with Gasteiger partial charge < -0.3 is 21.5 Å². The van der Waals surface area contributed by atoms with Crippen molar-refractivity contribution in [2.24, 2.45) is 11.7 Å². The van der Waals surface area contributed by atoms with E-state index in [0.717, 1.165) is 0 Å². The number of benzene rings is 2. The number of carbonyl (C=O) groups is 3. The molecule has 4 atom stereocenters. The van der Waals surface area contributed by atoms with E-state index in [4.69, 9.17) is 5.73 Å². The standard InChI is InChI=1S/C22H27N3O4/c1-3-14(2)17(20(23)27)24-22(29)19(26)18(15-10-6-4-7-11-15)25-21(28)16-12-8-5-9-13-16/h4-14,17-19,26H,3H2,1-2H3,(H2,23,27)(H,24,29)(H,25,28)/t14-,17-,18-,19+/m0/s1. The Labute approximate surface area is 170 Å². The summed E-state index contributed by atoms with van der Waals surface area (Å²) in [6, 6.07) is 15.3. The first kappa shape index (κ1) is 22.1. The Kier molecular flexibility index (Phi) is 7.91. The monoisotopic (exact) mass is 397 g/mol. The van der Waals surface area contributed by atoms with Crippen molar-refractivity contribution in [3.63, 3.8) is 0 Å². The zero-order valence-corrected chi connectivity index (χ0v) is 16.5. The fourth-order valence-corrected chi connectivity index (χ4v) is 2.94. The number of primary amides is 1. The van der Waals surface area contributed by atoms with Gasteiger partial charge in [-0.15, -0.1) is 0 Å². The van der Waals surface area contributed by atoms with E-state index < -0.39 is 35.9 Å².